The predicted octanol–water partition coefficient (Wildman–Crippen LogP) is 2.76. The van der Waals surface area contributed by atoms with Gasteiger partial charge in [-0.25, -0.2) is 0 Å². The molecule has 0 atom stereocenters. The minimum Gasteiger partial charge on any atom is -0.493 e. The largest absolute Gasteiger partial charge is 0.493 e. The molecule has 0 saturated carbocycles. The van der Waals surface area contributed by atoms with Crippen LogP contribution in [0.2, 0.25) is 0 Å². The summed E-state index contributed by atoms with van der Waals surface area (Å²) in [5.74, 6) is 2.10. The lowest BCUT2D eigenvalue weighted by Gasteiger charge is -2.11. The van der Waals surface area contributed by atoms with E-state index in [1.54, 1.807) is 19.4 Å². The van der Waals surface area contributed by atoms with E-state index in [0.29, 0.717) is 18.1 Å². The van der Waals surface area contributed by atoms with Gasteiger partial charge < -0.3 is 19.3 Å². The van der Waals surface area contributed by atoms with Crippen LogP contribution in [0.15, 0.2) is 35.0 Å². The van der Waals surface area contributed by atoms with Gasteiger partial charge in [0, 0.05) is 12.6 Å². The molecular formula is C15H20N2O3. The molecule has 0 spiro atoms. The molecule has 5 nitrogen and oxygen atoms in total. The number of ether oxygens (including phenoxy) is 2. The van der Waals surface area contributed by atoms with Crippen molar-refractivity contribution in [2.75, 3.05) is 13.7 Å². The van der Waals surface area contributed by atoms with Gasteiger partial charge in [0.1, 0.15) is 6.61 Å². The summed E-state index contributed by atoms with van der Waals surface area (Å²) in [7, 11) is 1.64. The molecule has 1 heterocycles. The molecule has 1 N–H and O–H groups in total. The molecule has 0 bridgehead atoms. The third-order valence-electron chi connectivity index (χ3n) is 2.85. The zero-order chi connectivity index (χ0) is 14.2. The van der Waals surface area contributed by atoms with Gasteiger partial charge in [0.05, 0.1) is 13.3 Å². The molecule has 2 rings (SSSR count). The second-order valence-corrected chi connectivity index (χ2v) is 4.43. The summed E-state index contributed by atoms with van der Waals surface area (Å²) in [5.41, 5.74) is 1.17. The fourth-order valence-electron chi connectivity index (χ4n) is 1.82. The van der Waals surface area contributed by atoms with E-state index < -0.39 is 0 Å². The van der Waals surface area contributed by atoms with Gasteiger partial charge in [-0.2, -0.15) is 0 Å². The van der Waals surface area contributed by atoms with Crippen molar-refractivity contribution >= 4 is 0 Å². The third kappa shape index (κ3) is 3.99. The normalized spacial score (nSPS) is 10.5. The van der Waals surface area contributed by atoms with Crippen LogP contribution in [0.5, 0.6) is 11.5 Å². The van der Waals surface area contributed by atoms with E-state index in [4.69, 9.17) is 14.0 Å². The van der Waals surface area contributed by atoms with Crippen molar-refractivity contribution in [3.05, 3.63) is 41.8 Å². The van der Waals surface area contributed by atoms with Crippen LogP contribution >= 0.6 is 0 Å². The van der Waals surface area contributed by atoms with Crippen LogP contribution in [0.25, 0.3) is 0 Å². The molecule has 20 heavy (non-hydrogen) atoms. The Hall–Kier alpha value is -2.01. The first kappa shape index (κ1) is 14.4. The molecule has 0 aliphatic heterocycles. The smallest absolute Gasteiger partial charge is 0.174 e. The lowest BCUT2D eigenvalue weighted by atomic mass is 10.2. The summed E-state index contributed by atoms with van der Waals surface area (Å²) < 4.78 is 16.0. The first-order valence-corrected chi connectivity index (χ1v) is 6.73. The van der Waals surface area contributed by atoms with E-state index in [1.165, 1.54) is 5.56 Å². The maximum Gasteiger partial charge on any atom is 0.174 e. The maximum absolute atomic E-state index is 5.67. The van der Waals surface area contributed by atoms with Gasteiger partial charge in [0.15, 0.2) is 17.3 Å². The highest BCUT2D eigenvalue weighted by atomic mass is 16.5. The van der Waals surface area contributed by atoms with Crippen LogP contribution in [-0.4, -0.2) is 18.8 Å². The molecule has 0 radical (unpaired) electrons. The summed E-state index contributed by atoms with van der Waals surface area (Å²) in [4.78, 5) is 0. The Bertz CT molecular complexity index is 512. The van der Waals surface area contributed by atoms with Gasteiger partial charge in [-0.05, 0) is 30.7 Å². The molecule has 1 aromatic heterocycles. The molecule has 0 amide bonds. The van der Waals surface area contributed by atoms with Crippen LogP contribution in [0.3, 0.4) is 0 Å². The Morgan fingerprint density at radius 2 is 2.15 bits per heavy atom. The van der Waals surface area contributed by atoms with Crippen LogP contribution in [0.4, 0.5) is 0 Å². The standard InChI is InChI=1S/C15H20N2O3/c1-3-7-16-10-12-4-5-14(15(9-12)18-2)19-11-13-6-8-17-20-13/h4-6,8-9,16H,3,7,10-11H2,1-2H3. The van der Waals surface area contributed by atoms with Crippen LogP contribution < -0.4 is 14.8 Å². The maximum atomic E-state index is 5.67. The monoisotopic (exact) mass is 276 g/mol. The van der Waals surface area contributed by atoms with E-state index in [-0.39, 0.29) is 0 Å². The average Bonchev–Trinajstić information content (AvgIpc) is 2.99. The fraction of sp³-hybridized carbons (Fsp3) is 0.400. The number of nitrogens with one attached hydrogen (secondary N) is 1. The zero-order valence-corrected chi connectivity index (χ0v) is 11.9. The van der Waals surface area contributed by atoms with Crippen molar-refractivity contribution in [1.29, 1.82) is 0 Å². The Kier molecular flexibility index (Phi) is 5.43. The van der Waals surface area contributed by atoms with Crippen LogP contribution in [0, 0.1) is 0 Å². The number of aromatic nitrogens is 1. The second kappa shape index (κ2) is 7.55. The van der Waals surface area contributed by atoms with Gasteiger partial charge in [-0.3, -0.25) is 0 Å². The lowest BCUT2D eigenvalue weighted by molar-refractivity contribution is 0.239. The van der Waals surface area contributed by atoms with Gasteiger partial charge in [-0.1, -0.05) is 18.1 Å². The van der Waals surface area contributed by atoms with E-state index in [1.807, 2.05) is 18.2 Å². The molecule has 108 valence electrons. The molecule has 0 saturated heterocycles. The van der Waals surface area contributed by atoms with Crippen LogP contribution in [-0.2, 0) is 13.2 Å². The molecule has 5 heteroatoms. The number of rotatable bonds is 8. The van der Waals surface area contributed by atoms with E-state index in [9.17, 15) is 0 Å². The zero-order valence-electron chi connectivity index (χ0n) is 11.9. The number of benzene rings is 1. The van der Waals surface area contributed by atoms with Gasteiger partial charge >= 0.3 is 0 Å². The summed E-state index contributed by atoms with van der Waals surface area (Å²) in [6.45, 7) is 4.32. The first-order valence-electron chi connectivity index (χ1n) is 6.73. The Morgan fingerprint density at radius 3 is 2.85 bits per heavy atom. The molecular weight excluding hydrogens is 256 g/mol. The average molecular weight is 276 g/mol. The summed E-state index contributed by atoms with van der Waals surface area (Å²) >= 11 is 0. The lowest BCUT2D eigenvalue weighted by Crippen LogP contribution is -2.13. The predicted molar refractivity (Wildman–Crippen MR) is 75.8 cm³/mol. The van der Waals surface area contributed by atoms with Crippen molar-refractivity contribution in [3.8, 4) is 11.5 Å². The number of nitrogens with zero attached hydrogens (tertiary/aromatic N) is 1. The highest BCUT2D eigenvalue weighted by molar-refractivity contribution is 5.43. The summed E-state index contributed by atoms with van der Waals surface area (Å²) in [6, 6.07) is 7.70. The molecule has 0 aliphatic carbocycles. The van der Waals surface area contributed by atoms with Crippen molar-refractivity contribution in [3.63, 3.8) is 0 Å². The third-order valence-corrected chi connectivity index (χ3v) is 2.85. The first-order chi connectivity index (χ1) is 9.83. The fourth-order valence-corrected chi connectivity index (χ4v) is 1.82. The van der Waals surface area contributed by atoms with Crippen molar-refractivity contribution < 1.29 is 14.0 Å². The SMILES string of the molecule is CCCNCc1ccc(OCc2ccno2)c(OC)c1. The Balaban J connectivity index is 1.98. The number of methoxy groups -OCH3 is 1. The van der Waals surface area contributed by atoms with Crippen molar-refractivity contribution in [2.45, 2.75) is 26.5 Å². The van der Waals surface area contributed by atoms with E-state index in [2.05, 4.69) is 17.4 Å². The minimum absolute atomic E-state index is 0.337. The quantitative estimate of drug-likeness (QED) is 0.751. The van der Waals surface area contributed by atoms with Gasteiger partial charge in [-0.15, -0.1) is 0 Å². The molecule has 2 aromatic rings. The van der Waals surface area contributed by atoms with Gasteiger partial charge in [0.25, 0.3) is 0 Å². The Morgan fingerprint density at radius 1 is 1.25 bits per heavy atom. The topological polar surface area (TPSA) is 56.5 Å². The highest BCUT2D eigenvalue weighted by Crippen LogP contribution is 2.28. The number of hydrogen-bond donors (Lipinski definition) is 1. The minimum atomic E-state index is 0.337. The number of hydrogen-bond acceptors (Lipinski definition) is 5. The van der Waals surface area contributed by atoms with E-state index >= 15 is 0 Å². The summed E-state index contributed by atoms with van der Waals surface area (Å²) in [5, 5.41) is 7.00. The molecule has 1 aromatic carbocycles. The van der Waals surface area contributed by atoms with E-state index in [0.717, 1.165) is 25.3 Å². The molecule has 0 unspecified atom stereocenters. The molecule has 0 fully saturated rings. The van der Waals surface area contributed by atoms with Crippen molar-refractivity contribution in [2.24, 2.45) is 0 Å². The second-order valence-electron chi connectivity index (χ2n) is 4.43. The van der Waals surface area contributed by atoms with Crippen LogP contribution in [0.1, 0.15) is 24.7 Å². The Labute approximate surface area is 118 Å². The highest BCUT2D eigenvalue weighted by Gasteiger charge is 2.07. The summed E-state index contributed by atoms with van der Waals surface area (Å²) in [6.07, 6.45) is 2.72. The molecule has 0 aliphatic rings. The van der Waals surface area contributed by atoms with Crippen molar-refractivity contribution in [1.82, 2.24) is 10.5 Å². The van der Waals surface area contributed by atoms with Gasteiger partial charge in [0.2, 0.25) is 0 Å².